The number of carbonyl (C=O) groups is 3. The molecule has 1 atom stereocenters. The lowest BCUT2D eigenvalue weighted by Crippen LogP contribution is -2.48. The highest BCUT2D eigenvalue weighted by Crippen LogP contribution is 2.04. The van der Waals surface area contributed by atoms with E-state index < -0.39 is 24.0 Å². The predicted octanol–water partition coefficient (Wildman–Crippen LogP) is 0.276. The van der Waals surface area contributed by atoms with Gasteiger partial charge in [0.2, 0.25) is 0 Å². The molecule has 1 heterocycles. The maximum atomic E-state index is 11.7. The van der Waals surface area contributed by atoms with Crippen molar-refractivity contribution in [3.63, 3.8) is 0 Å². The van der Waals surface area contributed by atoms with Gasteiger partial charge in [-0.3, -0.25) is 4.79 Å². The molecule has 1 unspecified atom stereocenters. The van der Waals surface area contributed by atoms with Crippen LogP contribution in [0.3, 0.4) is 0 Å². The Morgan fingerprint density at radius 3 is 2.50 bits per heavy atom. The summed E-state index contributed by atoms with van der Waals surface area (Å²) in [5.74, 6) is -2.31. The summed E-state index contributed by atoms with van der Waals surface area (Å²) in [6, 6.07) is -1.64. The molecule has 0 aromatic carbocycles. The molecular formula is C11H16N2O5. The van der Waals surface area contributed by atoms with Crippen LogP contribution < -0.4 is 5.32 Å². The zero-order valence-corrected chi connectivity index (χ0v) is 9.83. The molecule has 18 heavy (non-hydrogen) atoms. The van der Waals surface area contributed by atoms with Gasteiger partial charge in [0.25, 0.3) is 0 Å². The number of nitrogens with zero attached hydrogens (tertiary/aromatic N) is 1. The van der Waals surface area contributed by atoms with Crippen LogP contribution in [0.1, 0.15) is 19.3 Å². The first-order valence-electron chi connectivity index (χ1n) is 5.65. The summed E-state index contributed by atoms with van der Waals surface area (Å²) >= 11 is 0. The number of carboxylic acid groups (broad SMARTS) is 2. The number of carboxylic acids is 2. The van der Waals surface area contributed by atoms with Crippen LogP contribution >= 0.6 is 0 Å². The van der Waals surface area contributed by atoms with E-state index in [1.807, 2.05) is 12.2 Å². The summed E-state index contributed by atoms with van der Waals surface area (Å²) in [6.45, 7) is 0.977. The fraction of sp³-hybridized carbons (Fsp3) is 0.545. The quantitative estimate of drug-likeness (QED) is 0.612. The number of urea groups is 1. The summed E-state index contributed by atoms with van der Waals surface area (Å²) < 4.78 is 0. The molecule has 0 spiro atoms. The first kappa shape index (κ1) is 14.0. The zero-order valence-electron chi connectivity index (χ0n) is 9.83. The number of nitrogens with one attached hydrogen (secondary N) is 1. The minimum Gasteiger partial charge on any atom is -0.481 e. The van der Waals surface area contributed by atoms with Crippen LogP contribution in [0.2, 0.25) is 0 Å². The Morgan fingerprint density at radius 2 is 2.00 bits per heavy atom. The third-order valence-corrected chi connectivity index (χ3v) is 2.59. The fourth-order valence-electron chi connectivity index (χ4n) is 1.59. The van der Waals surface area contributed by atoms with Crippen molar-refractivity contribution in [2.24, 2.45) is 0 Å². The van der Waals surface area contributed by atoms with Gasteiger partial charge in [-0.15, -0.1) is 0 Å². The maximum Gasteiger partial charge on any atom is 0.326 e. The van der Waals surface area contributed by atoms with E-state index in [9.17, 15) is 14.4 Å². The van der Waals surface area contributed by atoms with Gasteiger partial charge >= 0.3 is 18.0 Å². The molecule has 7 nitrogen and oxygen atoms in total. The topological polar surface area (TPSA) is 107 Å². The van der Waals surface area contributed by atoms with Gasteiger partial charge in [-0.05, 0) is 12.8 Å². The van der Waals surface area contributed by atoms with Gasteiger partial charge < -0.3 is 20.4 Å². The van der Waals surface area contributed by atoms with Crippen LogP contribution in [0, 0.1) is 0 Å². The lowest BCUT2D eigenvalue weighted by atomic mass is 10.1. The molecule has 3 N–H and O–H groups in total. The normalized spacial score (nSPS) is 16.1. The van der Waals surface area contributed by atoms with Crippen molar-refractivity contribution in [1.29, 1.82) is 0 Å². The Morgan fingerprint density at radius 1 is 1.28 bits per heavy atom. The average molecular weight is 256 g/mol. The smallest absolute Gasteiger partial charge is 0.326 e. The Kier molecular flexibility index (Phi) is 5.16. The Balaban J connectivity index is 2.49. The summed E-state index contributed by atoms with van der Waals surface area (Å²) in [4.78, 5) is 34.5. The fourth-order valence-corrected chi connectivity index (χ4v) is 1.59. The molecule has 0 radical (unpaired) electrons. The van der Waals surface area contributed by atoms with E-state index in [0.29, 0.717) is 13.1 Å². The van der Waals surface area contributed by atoms with Gasteiger partial charge in [0.15, 0.2) is 0 Å². The van der Waals surface area contributed by atoms with Gasteiger partial charge in [-0.25, -0.2) is 9.59 Å². The van der Waals surface area contributed by atoms with Gasteiger partial charge in [-0.2, -0.15) is 0 Å². The largest absolute Gasteiger partial charge is 0.481 e. The number of hydrogen-bond acceptors (Lipinski definition) is 3. The highest BCUT2D eigenvalue weighted by molar-refractivity contribution is 5.83. The van der Waals surface area contributed by atoms with E-state index in [1.165, 1.54) is 4.90 Å². The van der Waals surface area contributed by atoms with Crippen LogP contribution in [0.15, 0.2) is 12.2 Å². The SMILES string of the molecule is O=C(O)CCC(NC(=O)N1CC=CCC1)C(=O)O. The van der Waals surface area contributed by atoms with Gasteiger partial charge in [-0.1, -0.05) is 12.2 Å². The van der Waals surface area contributed by atoms with Crippen molar-refractivity contribution in [3.8, 4) is 0 Å². The standard InChI is InChI=1S/C11H16N2O5/c14-9(15)5-4-8(10(16)17)12-11(18)13-6-2-1-3-7-13/h1-2,8H,3-7H2,(H,12,18)(H,14,15)(H,16,17). The number of rotatable bonds is 5. The predicted molar refractivity (Wildman–Crippen MR) is 62.2 cm³/mol. The second kappa shape index (κ2) is 6.63. The summed E-state index contributed by atoms with van der Waals surface area (Å²) in [5.41, 5.74) is 0. The number of aliphatic carboxylic acids is 2. The Hall–Kier alpha value is -2.05. The molecule has 7 heteroatoms. The molecule has 0 aliphatic carbocycles. The third kappa shape index (κ3) is 4.44. The van der Waals surface area contributed by atoms with Crippen molar-refractivity contribution in [3.05, 3.63) is 12.2 Å². The van der Waals surface area contributed by atoms with E-state index in [2.05, 4.69) is 5.32 Å². The molecular weight excluding hydrogens is 240 g/mol. The second-order valence-corrected chi connectivity index (χ2v) is 3.98. The van der Waals surface area contributed by atoms with Crippen molar-refractivity contribution < 1.29 is 24.6 Å². The van der Waals surface area contributed by atoms with E-state index in [1.54, 1.807) is 0 Å². The molecule has 0 saturated heterocycles. The number of amides is 2. The second-order valence-electron chi connectivity index (χ2n) is 3.98. The zero-order chi connectivity index (χ0) is 13.5. The van der Waals surface area contributed by atoms with Crippen molar-refractivity contribution in [2.75, 3.05) is 13.1 Å². The van der Waals surface area contributed by atoms with E-state index in [-0.39, 0.29) is 12.8 Å². The molecule has 1 aliphatic rings. The van der Waals surface area contributed by atoms with Crippen molar-refractivity contribution in [2.45, 2.75) is 25.3 Å². The number of carbonyl (C=O) groups excluding carboxylic acids is 1. The highest BCUT2D eigenvalue weighted by atomic mass is 16.4. The third-order valence-electron chi connectivity index (χ3n) is 2.59. The van der Waals surface area contributed by atoms with Crippen molar-refractivity contribution >= 4 is 18.0 Å². The molecule has 1 aliphatic heterocycles. The van der Waals surface area contributed by atoms with Gasteiger partial charge in [0.1, 0.15) is 6.04 Å². The average Bonchev–Trinajstić information content (AvgIpc) is 2.34. The minimum atomic E-state index is -1.22. The lowest BCUT2D eigenvalue weighted by molar-refractivity contribution is -0.140. The van der Waals surface area contributed by atoms with Crippen LogP contribution in [0.25, 0.3) is 0 Å². The van der Waals surface area contributed by atoms with E-state index >= 15 is 0 Å². The molecule has 100 valence electrons. The Labute approximate surface area is 104 Å². The molecule has 0 fully saturated rings. The first-order valence-corrected chi connectivity index (χ1v) is 5.65. The van der Waals surface area contributed by atoms with E-state index in [0.717, 1.165) is 6.42 Å². The molecule has 0 bridgehead atoms. The Bertz CT molecular complexity index is 366. The highest BCUT2D eigenvalue weighted by Gasteiger charge is 2.23. The lowest BCUT2D eigenvalue weighted by Gasteiger charge is -2.25. The monoisotopic (exact) mass is 256 g/mol. The van der Waals surface area contributed by atoms with Crippen LogP contribution in [-0.4, -0.2) is 52.2 Å². The maximum absolute atomic E-state index is 11.7. The molecule has 0 aromatic rings. The summed E-state index contributed by atoms with van der Waals surface area (Å²) in [5, 5.41) is 19.7. The summed E-state index contributed by atoms with van der Waals surface area (Å²) in [7, 11) is 0. The molecule has 1 rings (SSSR count). The molecule has 0 saturated carbocycles. The number of hydrogen-bond donors (Lipinski definition) is 3. The summed E-state index contributed by atoms with van der Waals surface area (Å²) in [6.07, 6.45) is 4.09. The van der Waals surface area contributed by atoms with Crippen LogP contribution in [-0.2, 0) is 9.59 Å². The van der Waals surface area contributed by atoms with Gasteiger partial charge in [0.05, 0.1) is 0 Å². The first-order chi connectivity index (χ1) is 8.50. The van der Waals surface area contributed by atoms with Gasteiger partial charge in [0, 0.05) is 19.5 Å². The molecule has 0 aromatic heterocycles. The van der Waals surface area contributed by atoms with Crippen LogP contribution in [0.4, 0.5) is 4.79 Å². The van der Waals surface area contributed by atoms with E-state index in [4.69, 9.17) is 10.2 Å². The van der Waals surface area contributed by atoms with Crippen molar-refractivity contribution in [1.82, 2.24) is 10.2 Å². The van der Waals surface area contributed by atoms with Crippen LogP contribution in [0.5, 0.6) is 0 Å². The molecule has 2 amide bonds. The minimum absolute atomic E-state index is 0.125.